The minimum atomic E-state index is -1.24. The van der Waals surface area contributed by atoms with Gasteiger partial charge in [-0.05, 0) is 54.8 Å². The first-order chi connectivity index (χ1) is 16.8. The largest absolute Gasteiger partial charge is 0.508 e. The van der Waals surface area contributed by atoms with Crippen molar-refractivity contribution >= 4 is 29.4 Å². The molecule has 10 heteroatoms. The van der Waals surface area contributed by atoms with Gasteiger partial charge in [0, 0.05) is 44.4 Å². The molecule has 1 atom stereocenters. The van der Waals surface area contributed by atoms with E-state index in [4.69, 9.17) is 10.5 Å². The number of carbonyl (C=O) groups excluding carboxylic acids is 3. The maximum atomic E-state index is 13.6. The van der Waals surface area contributed by atoms with Crippen molar-refractivity contribution in [2.24, 2.45) is 16.6 Å². The highest BCUT2D eigenvalue weighted by molar-refractivity contribution is 6.07. The van der Waals surface area contributed by atoms with Crippen LogP contribution in [-0.4, -0.2) is 72.4 Å². The SMILES string of the molecule is COCC(=O)Nc1cccc(C2(C3CCN(C(=O)c4ccc(O)cc4)CC3)N=C(N)N(C)C2=O)c1. The number of methoxy groups -OCH3 is 1. The Labute approximate surface area is 203 Å². The van der Waals surface area contributed by atoms with E-state index in [1.54, 1.807) is 42.3 Å². The molecule has 2 aliphatic rings. The summed E-state index contributed by atoms with van der Waals surface area (Å²) in [6.45, 7) is 0.807. The number of guanidine groups is 1. The number of benzene rings is 2. The van der Waals surface area contributed by atoms with Gasteiger partial charge in [0.15, 0.2) is 11.5 Å². The number of hydrogen-bond acceptors (Lipinski definition) is 7. The lowest BCUT2D eigenvalue weighted by Gasteiger charge is -2.40. The van der Waals surface area contributed by atoms with E-state index in [9.17, 15) is 19.5 Å². The van der Waals surface area contributed by atoms with Crippen LogP contribution >= 0.6 is 0 Å². The van der Waals surface area contributed by atoms with E-state index in [0.717, 1.165) is 0 Å². The topological polar surface area (TPSA) is 138 Å². The molecule has 0 spiro atoms. The van der Waals surface area contributed by atoms with Gasteiger partial charge in [-0.15, -0.1) is 0 Å². The van der Waals surface area contributed by atoms with Crippen molar-refractivity contribution < 1.29 is 24.2 Å². The molecule has 2 aromatic rings. The van der Waals surface area contributed by atoms with Gasteiger partial charge < -0.3 is 25.8 Å². The van der Waals surface area contributed by atoms with Crippen molar-refractivity contribution in [1.82, 2.24) is 9.80 Å². The van der Waals surface area contributed by atoms with Gasteiger partial charge in [-0.1, -0.05) is 12.1 Å². The molecular formula is C25H29N5O5. The summed E-state index contributed by atoms with van der Waals surface area (Å²) in [6, 6.07) is 13.2. The average Bonchev–Trinajstić information content (AvgIpc) is 3.09. The van der Waals surface area contributed by atoms with Gasteiger partial charge in [0.25, 0.3) is 11.8 Å². The number of nitrogens with one attached hydrogen (secondary N) is 1. The second-order valence-corrected chi connectivity index (χ2v) is 8.78. The number of ether oxygens (including phenoxy) is 1. The number of aliphatic imine (C=N–C) groups is 1. The summed E-state index contributed by atoms with van der Waals surface area (Å²) in [6.07, 6.45) is 1.08. The van der Waals surface area contributed by atoms with E-state index in [1.807, 2.05) is 6.07 Å². The Hall–Kier alpha value is -3.92. The molecule has 2 aromatic carbocycles. The first kappa shape index (κ1) is 24.2. The molecule has 35 heavy (non-hydrogen) atoms. The lowest BCUT2D eigenvalue weighted by Crippen LogP contribution is -2.49. The predicted molar refractivity (Wildman–Crippen MR) is 130 cm³/mol. The van der Waals surface area contributed by atoms with Crippen molar-refractivity contribution in [2.45, 2.75) is 18.4 Å². The predicted octanol–water partition coefficient (Wildman–Crippen LogP) is 1.51. The fraction of sp³-hybridized carbons (Fsp3) is 0.360. The first-order valence-corrected chi connectivity index (χ1v) is 11.4. The number of piperidine rings is 1. The third-order valence-corrected chi connectivity index (χ3v) is 6.61. The van der Waals surface area contributed by atoms with Crippen LogP contribution in [-0.2, 0) is 19.9 Å². The highest BCUT2D eigenvalue weighted by Crippen LogP contribution is 2.44. The smallest absolute Gasteiger partial charge is 0.261 e. The van der Waals surface area contributed by atoms with Crippen LogP contribution in [0.25, 0.3) is 0 Å². The van der Waals surface area contributed by atoms with Crippen molar-refractivity contribution in [3.63, 3.8) is 0 Å². The minimum Gasteiger partial charge on any atom is -0.508 e. The van der Waals surface area contributed by atoms with Crippen LogP contribution < -0.4 is 11.1 Å². The van der Waals surface area contributed by atoms with E-state index >= 15 is 0 Å². The fourth-order valence-electron chi connectivity index (χ4n) is 4.80. The van der Waals surface area contributed by atoms with Crippen LogP contribution in [0.5, 0.6) is 5.75 Å². The number of nitrogens with zero attached hydrogens (tertiary/aromatic N) is 3. The number of rotatable bonds is 6. The quantitative estimate of drug-likeness (QED) is 0.574. The van der Waals surface area contributed by atoms with Crippen molar-refractivity contribution in [1.29, 1.82) is 0 Å². The van der Waals surface area contributed by atoms with Gasteiger partial charge in [0.2, 0.25) is 5.91 Å². The van der Waals surface area contributed by atoms with Gasteiger partial charge in [0.1, 0.15) is 12.4 Å². The second kappa shape index (κ2) is 9.75. The van der Waals surface area contributed by atoms with Crippen LogP contribution in [0.2, 0.25) is 0 Å². The number of nitrogens with two attached hydrogens (primary N) is 1. The minimum absolute atomic E-state index is 0.0876. The second-order valence-electron chi connectivity index (χ2n) is 8.78. The van der Waals surface area contributed by atoms with Gasteiger partial charge in [-0.2, -0.15) is 0 Å². The van der Waals surface area contributed by atoms with E-state index in [1.165, 1.54) is 24.1 Å². The summed E-state index contributed by atoms with van der Waals surface area (Å²) in [4.78, 5) is 46.3. The first-order valence-electron chi connectivity index (χ1n) is 11.4. The Bertz CT molecular complexity index is 1160. The molecule has 184 valence electrons. The van der Waals surface area contributed by atoms with E-state index in [-0.39, 0.29) is 42.0 Å². The zero-order valence-corrected chi connectivity index (χ0v) is 19.7. The van der Waals surface area contributed by atoms with Crippen LogP contribution in [0, 0.1) is 5.92 Å². The molecule has 3 amide bonds. The molecule has 0 bridgehead atoms. The molecule has 4 rings (SSSR count). The molecule has 1 unspecified atom stereocenters. The summed E-state index contributed by atoms with van der Waals surface area (Å²) < 4.78 is 4.88. The zero-order chi connectivity index (χ0) is 25.2. The molecule has 2 heterocycles. The molecule has 0 saturated carbocycles. The monoisotopic (exact) mass is 479 g/mol. The third kappa shape index (κ3) is 4.57. The Kier molecular flexibility index (Phi) is 6.74. The van der Waals surface area contributed by atoms with Crippen molar-refractivity contribution in [3.8, 4) is 5.75 Å². The number of aromatic hydroxyl groups is 1. The number of hydrogen-bond donors (Lipinski definition) is 3. The Balaban J connectivity index is 1.60. The van der Waals surface area contributed by atoms with Gasteiger partial charge in [0.05, 0.1) is 0 Å². The third-order valence-electron chi connectivity index (χ3n) is 6.61. The number of phenolic OH excluding ortho intramolecular Hbond substituents is 1. The van der Waals surface area contributed by atoms with Crippen molar-refractivity contribution in [2.75, 3.05) is 39.2 Å². The number of amides is 3. The van der Waals surface area contributed by atoms with Crippen LogP contribution in [0.1, 0.15) is 28.8 Å². The number of likely N-dealkylation sites (tertiary alicyclic amines) is 1. The lowest BCUT2D eigenvalue weighted by atomic mass is 9.73. The van der Waals surface area contributed by atoms with Gasteiger partial charge in [-0.3, -0.25) is 19.3 Å². The molecule has 0 aliphatic carbocycles. The van der Waals surface area contributed by atoms with E-state index in [0.29, 0.717) is 42.7 Å². The molecule has 4 N–H and O–H groups in total. The van der Waals surface area contributed by atoms with Gasteiger partial charge in [-0.25, -0.2) is 4.99 Å². The number of anilines is 1. The van der Waals surface area contributed by atoms with E-state index in [2.05, 4.69) is 10.3 Å². The summed E-state index contributed by atoms with van der Waals surface area (Å²) in [5.74, 6) is -0.643. The Morgan fingerprint density at radius 3 is 2.49 bits per heavy atom. The van der Waals surface area contributed by atoms with Crippen LogP contribution in [0.15, 0.2) is 53.5 Å². The highest BCUT2D eigenvalue weighted by Gasteiger charge is 2.54. The number of phenols is 1. The molecule has 0 aromatic heterocycles. The number of carbonyl (C=O) groups is 3. The molecule has 1 saturated heterocycles. The number of likely N-dealkylation sites (N-methyl/N-ethyl adjacent to an activating group) is 1. The van der Waals surface area contributed by atoms with Crippen LogP contribution in [0.3, 0.4) is 0 Å². The lowest BCUT2D eigenvalue weighted by molar-refractivity contribution is -0.133. The standard InChI is InChI=1S/C25H29N5O5/c1-29-23(34)25(28-24(29)26,18-4-3-5-19(14-18)27-21(32)15-35-2)17-10-12-30(13-11-17)22(33)16-6-8-20(31)9-7-16/h3-9,14,17,31H,10-13,15H2,1-2H3,(H2,26,28)(H,27,32). The molecule has 2 aliphatic heterocycles. The van der Waals surface area contributed by atoms with E-state index < -0.39 is 5.54 Å². The summed E-state index contributed by atoms with van der Waals surface area (Å²) in [5.41, 5.74) is 6.51. The van der Waals surface area contributed by atoms with Gasteiger partial charge >= 0.3 is 0 Å². The Morgan fingerprint density at radius 2 is 1.89 bits per heavy atom. The zero-order valence-electron chi connectivity index (χ0n) is 19.7. The summed E-state index contributed by atoms with van der Waals surface area (Å²) >= 11 is 0. The summed E-state index contributed by atoms with van der Waals surface area (Å²) in [5, 5.41) is 12.3. The molecule has 1 fully saturated rings. The average molecular weight is 480 g/mol. The molecular weight excluding hydrogens is 450 g/mol. The molecule has 10 nitrogen and oxygen atoms in total. The summed E-state index contributed by atoms with van der Waals surface area (Å²) in [7, 11) is 3.03. The molecule has 0 radical (unpaired) electrons. The van der Waals surface area contributed by atoms with Crippen LogP contribution in [0.4, 0.5) is 5.69 Å². The Morgan fingerprint density at radius 1 is 1.20 bits per heavy atom. The van der Waals surface area contributed by atoms with Crippen molar-refractivity contribution in [3.05, 3.63) is 59.7 Å². The maximum absolute atomic E-state index is 13.6. The highest BCUT2D eigenvalue weighted by atomic mass is 16.5. The maximum Gasteiger partial charge on any atom is 0.261 e. The normalized spacial score (nSPS) is 20.6. The fourth-order valence-corrected chi connectivity index (χ4v) is 4.80.